The molecule has 0 aromatic rings. The molecule has 0 fully saturated rings. The van der Waals surface area contributed by atoms with E-state index in [1.165, 1.54) is 57.8 Å². The summed E-state index contributed by atoms with van der Waals surface area (Å²) in [7, 11) is 0. The Morgan fingerprint density at radius 3 is 1.63 bits per heavy atom. The fourth-order valence-electron chi connectivity index (χ4n) is 2.12. The van der Waals surface area contributed by atoms with Gasteiger partial charge in [0.25, 0.3) is 0 Å². The van der Waals surface area contributed by atoms with E-state index < -0.39 is 0 Å². The highest BCUT2D eigenvalue weighted by molar-refractivity contribution is 5.48. The van der Waals surface area contributed by atoms with Crippen molar-refractivity contribution in [2.75, 3.05) is 0 Å². The molecular weight excluding hydrogens is 232 g/mol. The van der Waals surface area contributed by atoms with Gasteiger partial charge in [-0.2, -0.15) is 0 Å². The summed E-state index contributed by atoms with van der Waals surface area (Å²) in [5, 5.41) is 0. The SMILES string of the molecule is CCC=CC=CCCCCCCCCCCCC=O. The molecule has 110 valence electrons. The highest BCUT2D eigenvalue weighted by atomic mass is 16.1. The number of unbranched alkanes of at least 4 members (excludes halogenated alkanes) is 10. The first-order valence-electron chi connectivity index (χ1n) is 8.17. The number of hydrogen-bond donors (Lipinski definition) is 0. The van der Waals surface area contributed by atoms with Gasteiger partial charge in [0, 0.05) is 6.42 Å². The van der Waals surface area contributed by atoms with Crippen LogP contribution in [0.4, 0.5) is 0 Å². The Kier molecular flexibility index (Phi) is 16.4. The molecule has 0 aliphatic rings. The fourth-order valence-corrected chi connectivity index (χ4v) is 2.12. The van der Waals surface area contributed by atoms with Crippen molar-refractivity contribution in [1.82, 2.24) is 0 Å². The first-order chi connectivity index (χ1) is 9.41. The maximum atomic E-state index is 10.1. The molecule has 0 amide bonds. The Bertz CT molecular complexity index is 228. The fraction of sp³-hybridized carbons (Fsp3) is 0.722. The van der Waals surface area contributed by atoms with E-state index in [0.29, 0.717) is 0 Å². The number of carbonyl (C=O) groups excluding carboxylic acids is 1. The predicted octanol–water partition coefficient (Wildman–Crippen LogP) is 6.00. The third-order valence-electron chi connectivity index (χ3n) is 3.31. The molecule has 0 atom stereocenters. The molecule has 0 spiro atoms. The molecule has 0 heterocycles. The highest BCUT2D eigenvalue weighted by Gasteiger charge is 1.92. The van der Waals surface area contributed by atoms with Gasteiger partial charge in [0.2, 0.25) is 0 Å². The summed E-state index contributed by atoms with van der Waals surface area (Å²) in [5.41, 5.74) is 0. The molecule has 1 heteroatoms. The van der Waals surface area contributed by atoms with Gasteiger partial charge in [-0.3, -0.25) is 0 Å². The normalized spacial score (nSPS) is 11.6. The van der Waals surface area contributed by atoms with E-state index in [2.05, 4.69) is 31.2 Å². The molecule has 0 aromatic carbocycles. The lowest BCUT2D eigenvalue weighted by atomic mass is 10.1. The highest BCUT2D eigenvalue weighted by Crippen LogP contribution is 2.11. The lowest BCUT2D eigenvalue weighted by Gasteiger charge is -2.00. The summed E-state index contributed by atoms with van der Waals surface area (Å²) in [6.45, 7) is 2.16. The van der Waals surface area contributed by atoms with Gasteiger partial charge >= 0.3 is 0 Å². The van der Waals surface area contributed by atoms with Gasteiger partial charge in [-0.05, 0) is 25.7 Å². The van der Waals surface area contributed by atoms with Gasteiger partial charge < -0.3 is 4.79 Å². The molecular formula is C18H32O. The lowest BCUT2D eigenvalue weighted by Crippen LogP contribution is -1.82. The molecule has 1 nitrogen and oxygen atoms in total. The topological polar surface area (TPSA) is 17.1 Å². The Balaban J connectivity index is 3.04. The molecule has 0 rings (SSSR count). The van der Waals surface area contributed by atoms with Crippen molar-refractivity contribution in [2.24, 2.45) is 0 Å². The monoisotopic (exact) mass is 264 g/mol. The van der Waals surface area contributed by atoms with Crippen molar-refractivity contribution < 1.29 is 4.79 Å². The standard InChI is InChI=1S/C18H32O/c1-2-3-4-5-6-7-8-9-10-11-12-13-14-15-16-17-18-19/h3-6,18H,2,7-17H2,1H3. The average Bonchev–Trinajstić information content (AvgIpc) is 2.43. The second kappa shape index (κ2) is 17.2. The molecule has 19 heavy (non-hydrogen) atoms. The van der Waals surface area contributed by atoms with E-state index in [1.807, 2.05) is 0 Å². The van der Waals surface area contributed by atoms with Crippen LogP contribution < -0.4 is 0 Å². The summed E-state index contributed by atoms with van der Waals surface area (Å²) >= 11 is 0. The van der Waals surface area contributed by atoms with Crippen LogP contribution in [0.25, 0.3) is 0 Å². The van der Waals surface area contributed by atoms with Crippen molar-refractivity contribution in [2.45, 2.75) is 84.0 Å². The van der Waals surface area contributed by atoms with E-state index in [1.54, 1.807) is 0 Å². The smallest absolute Gasteiger partial charge is 0.119 e. The van der Waals surface area contributed by atoms with Crippen molar-refractivity contribution in [3.05, 3.63) is 24.3 Å². The summed E-state index contributed by atoms with van der Waals surface area (Å²) < 4.78 is 0. The van der Waals surface area contributed by atoms with Crippen LogP contribution in [0, 0.1) is 0 Å². The van der Waals surface area contributed by atoms with E-state index >= 15 is 0 Å². The lowest BCUT2D eigenvalue weighted by molar-refractivity contribution is -0.107. The maximum Gasteiger partial charge on any atom is 0.119 e. The van der Waals surface area contributed by atoms with Gasteiger partial charge in [0.1, 0.15) is 6.29 Å². The van der Waals surface area contributed by atoms with E-state index in [9.17, 15) is 4.79 Å². The minimum atomic E-state index is 0.751. The maximum absolute atomic E-state index is 10.1. The van der Waals surface area contributed by atoms with Gasteiger partial charge in [-0.15, -0.1) is 0 Å². The second-order valence-electron chi connectivity index (χ2n) is 5.19. The molecule has 0 N–H and O–H groups in total. The van der Waals surface area contributed by atoms with Crippen LogP contribution in [0.1, 0.15) is 84.0 Å². The third-order valence-corrected chi connectivity index (χ3v) is 3.31. The molecule has 0 saturated heterocycles. The molecule has 0 aliphatic heterocycles. The Labute approximate surface area is 120 Å². The zero-order chi connectivity index (χ0) is 14.0. The van der Waals surface area contributed by atoms with Gasteiger partial charge in [0.15, 0.2) is 0 Å². The van der Waals surface area contributed by atoms with Gasteiger partial charge in [0.05, 0.1) is 0 Å². The van der Waals surface area contributed by atoms with Crippen LogP contribution >= 0.6 is 0 Å². The zero-order valence-corrected chi connectivity index (χ0v) is 12.8. The summed E-state index contributed by atoms with van der Waals surface area (Å²) in [6, 6.07) is 0. The molecule has 0 aliphatic carbocycles. The number of allylic oxidation sites excluding steroid dienone is 4. The van der Waals surface area contributed by atoms with Crippen LogP contribution in [0.15, 0.2) is 24.3 Å². The van der Waals surface area contributed by atoms with Crippen molar-refractivity contribution >= 4 is 6.29 Å². The van der Waals surface area contributed by atoms with Crippen LogP contribution in [-0.4, -0.2) is 6.29 Å². The first-order valence-corrected chi connectivity index (χ1v) is 8.17. The van der Waals surface area contributed by atoms with Gasteiger partial charge in [-0.25, -0.2) is 0 Å². The van der Waals surface area contributed by atoms with E-state index in [0.717, 1.165) is 25.5 Å². The second-order valence-corrected chi connectivity index (χ2v) is 5.19. The summed E-state index contributed by atoms with van der Waals surface area (Å²) in [6.07, 6.45) is 24.7. The molecule has 0 bridgehead atoms. The molecule has 0 aromatic heterocycles. The number of carbonyl (C=O) groups is 1. The van der Waals surface area contributed by atoms with Gasteiger partial charge in [-0.1, -0.05) is 76.2 Å². The van der Waals surface area contributed by atoms with Crippen LogP contribution in [-0.2, 0) is 4.79 Å². The molecule has 0 radical (unpaired) electrons. The summed E-state index contributed by atoms with van der Waals surface area (Å²) in [4.78, 5) is 10.1. The zero-order valence-electron chi connectivity index (χ0n) is 12.8. The van der Waals surface area contributed by atoms with Crippen LogP contribution in [0.5, 0.6) is 0 Å². The first kappa shape index (κ1) is 18.1. The Morgan fingerprint density at radius 1 is 0.632 bits per heavy atom. The third kappa shape index (κ3) is 17.1. The number of hydrogen-bond acceptors (Lipinski definition) is 1. The number of aldehydes is 1. The van der Waals surface area contributed by atoms with E-state index in [4.69, 9.17) is 0 Å². The Hall–Kier alpha value is -0.850. The van der Waals surface area contributed by atoms with Crippen LogP contribution in [0.3, 0.4) is 0 Å². The largest absolute Gasteiger partial charge is 0.303 e. The van der Waals surface area contributed by atoms with Crippen LogP contribution in [0.2, 0.25) is 0 Å². The minimum absolute atomic E-state index is 0.751. The number of rotatable bonds is 14. The molecule has 0 unspecified atom stereocenters. The predicted molar refractivity (Wildman–Crippen MR) is 85.4 cm³/mol. The van der Waals surface area contributed by atoms with Crippen molar-refractivity contribution in [3.63, 3.8) is 0 Å². The summed E-state index contributed by atoms with van der Waals surface area (Å²) in [5.74, 6) is 0. The molecule has 0 saturated carbocycles. The average molecular weight is 264 g/mol. The van der Waals surface area contributed by atoms with Crippen molar-refractivity contribution in [1.29, 1.82) is 0 Å². The minimum Gasteiger partial charge on any atom is -0.303 e. The quantitative estimate of drug-likeness (QED) is 0.214. The Morgan fingerprint density at radius 2 is 1.11 bits per heavy atom. The van der Waals surface area contributed by atoms with E-state index in [-0.39, 0.29) is 0 Å². The van der Waals surface area contributed by atoms with Crippen molar-refractivity contribution in [3.8, 4) is 0 Å².